The molecule has 0 radical (unpaired) electrons. The van der Waals surface area contributed by atoms with E-state index in [1.165, 1.54) is 22.3 Å². The molecule has 0 atom stereocenters. The maximum atomic E-state index is 5.96. The van der Waals surface area contributed by atoms with Gasteiger partial charge in [-0.3, -0.25) is 0 Å². The molecule has 0 saturated carbocycles. The highest BCUT2D eigenvalue weighted by Gasteiger charge is 2.35. The van der Waals surface area contributed by atoms with Gasteiger partial charge in [0.1, 0.15) is 0 Å². The fourth-order valence-electron chi connectivity index (χ4n) is 6.92. The Morgan fingerprint density at radius 1 is 0.417 bits per heavy atom. The maximum Gasteiger partial charge on any atom is 0.248 e. The molecule has 0 unspecified atom stereocenters. The normalized spacial score (nSPS) is 13.0. The predicted molar refractivity (Wildman–Crippen MR) is 192 cm³/mol. The quantitative estimate of drug-likeness (QED) is 0.192. The van der Waals surface area contributed by atoms with E-state index in [0.29, 0.717) is 11.8 Å². The van der Waals surface area contributed by atoms with Crippen molar-refractivity contribution in [3.8, 4) is 67.7 Å². The summed E-state index contributed by atoms with van der Waals surface area (Å²) in [4.78, 5) is 10.4. The van der Waals surface area contributed by atoms with Gasteiger partial charge in [-0.05, 0) is 75.8 Å². The zero-order valence-corrected chi connectivity index (χ0v) is 26.6. The molecule has 0 bridgehead atoms. The number of hydrogen-bond donors (Lipinski definition) is 0. The molecule has 228 valence electrons. The lowest BCUT2D eigenvalue weighted by atomic mass is 9.81. The summed E-state index contributed by atoms with van der Waals surface area (Å²) in [6.45, 7) is 4.62. The Kier molecular flexibility index (Phi) is 6.40. The van der Waals surface area contributed by atoms with E-state index in [1.807, 2.05) is 66.7 Å². The molecule has 48 heavy (non-hydrogen) atoms. The smallest absolute Gasteiger partial charge is 0.248 e. The van der Waals surface area contributed by atoms with E-state index in [1.54, 1.807) is 0 Å². The lowest BCUT2D eigenvalue weighted by Crippen LogP contribution is -2.15. The van der Waals surface area contributed by atoms with E-state index in [0.717, 1.165) is 55.8 Å². The third-order valence-electron chi connectivity index (χ3n) is 9.50. The number of hydrogen-bond acceptors (Lipinski definition) is 5. The summed E-state index contributed by atoms with van der Waals surface area (Å²) < 4.78 is 5.96. The maximum absolute atomic E-state index is 5.96. The van der Waals surface area contributed by atoms with Crippen LogP contribution in [0.15, 0.2) is 150 Å². The van der Waals surface area contributed by atoms with Crippen molar-refractivity contribution in [3.63, 3.8) is 0 Å². The lowest BCUT2D eigenvalue weighted by molar-refractivity contribution is 0.584. The van der Waals surface area contributed by atoms with Gasteiger partial charge >= 0.3 is 0 Å². The summed E-state index contributed by atoms with van der Waals surface area (Å²) >= 11 is 0. The first-order valence-electron chi connectivity index (χ1n) is 16.1. The van der Waals surface area contributed by atoms with Crippen LogP contribution in [-0.2, 0) is 5.41 Å². The summed E-state index contributed by atoms with van der Waals surface area (Å²) in [6, 6.07) is 50.2. The molecule has 9 rings (SSSR count). The van der Waals surface area contributed by atoms with Gasteiger partial charge in [-0.15, -0.1) is 10.2 Å². The molecule has 0 fully saturated rings. The SMILES string of the molecule is CC1(C)c2ccccc2-c2ccc(-c3nc4ccccc4nc3-c3ccc(-c4ccc(-c5nnc(-c6ccccc6)o5)cc4)cc3)cc21. The average Bonchev–Trinajstić information content (AvgIpc) is 3.73. The van der Waals surface area contributed by atoms with Gasteiger partial charge in [0.25, 0.3) is 0 Å². The first-order valence-corrected chi connectivity index (χ1v) is 16.1. The second kappa shape index (κ2) is 11.0. The number of fused-ring (bicyclic) bond motifs is 4. The van der Waals surface area contributed by atoms with Crippen LogP contribution in [0.1, 0.15) is 25.0 Å². The van der Waals surface area contributed by atoms with Crippen molar-refractivity contribution < 1.29 is 4.42 Å². The van der Waals surface area contributed by atoms with Crippen LogP contribution >= 0.6 is 0 Å². The number of para-hydroxylation sites is 2. The van der Waals surface area contributed by atoms with Gasteiger partial charge in [-0.2, -0.15) is 0 Å². The van der Waals surface area contributed by atoms with Crippen LogP contribution in [0.5, 0.6) is 0 Å². The number of benzene rings is 6. The van der Waals surface area contributed by atoms with E-state index in [4.69, 9.17) is 14.4 Å². The van der Waals surface area contributed by atoms with Crippen molar-refractivity contribution >= 4 is 11.0 Å². The van der Waals surface area contributed by atoms with Gasteiger partial charge in [0.05, 0.1) is 22.4 Å². The molecular weight excluding hydrogens is 589 g/mol. The largest absolute Gasteiger partial charge is 0.416 e. The van der Waals surface area contributed by atoms with Crippen LogP contribution in [0, 0.1) is 0 Å². The molecule has 1 aliphatic carbocycles. The molecule has 0 amide bonds. The molecule has 0 aliphatic heterocycles. The highest BCUT2D eigenvalue weighted by Crippen LogP contribution is 2.49. The standard InChI is InChI=1S/C43H30N4O/c1-43(2)35-13-7-6-12-33(35)34-25-24-32(26-36(34)43)40-39(44-37-14-8-9-15-38(37)45-40)29-20-16-27(17-21-29)28-18-22-31(23-19-28)42-47-46-41(48-42)30-10-4-3-5-11-30/h3-26H,1-2H3. The van der Waals surface area contributed by atoms with Crippen molar-refractivity contribution in [1.29, 1.82) is 0 Å². The fraction of sp³-hybridized carbons (Fsp3) is 0.0698. The van der Waals surface area contributed by atoms with Crippen molar-refractivity contribution in [2.75, 3.05) is 0 Å². The lowest BCUT2D eigenvalue weighted by Gasteiger charge is -2.22. The second-order valence-electron chi connectivity index (χ2n) is 12.8. The van der Waals surface area contributed by atoms with Crippen LogP contribution in [0.4, 0.5) is 0 Å². The molecular formula is C43H30N4O. The fourth-order valence-corrected chi connectivity index (χ4v) is 6.92. The molecule has 0 spiro atoms. The van der Waals surface area contributed by atoms with Gasteiger partial charge in [-0.25, -0.2) is 9.97 Å². The summed E-state index contributed by atoms with van der Waals surface area (Å²) in [5, 5.41) is 8.51. The Morgan fingerprint density at radius 2 is 0.896 bits per heavy atom. The predicted octanol–water partition coefficient (Wildman–Crippen LogP) is 10.7. The Hall–Kier alpha value is -6.20. The topological polar surface area (TPSA) is 64.7 Å². The van der Waals surface area contributed by atoms with E-state index in [9.17, 15) is 0 Å². The Morgan fingerprint density at radius 3 is 1.56 bits per heavy atom. The van der Waals surface area contributed by atoms with Crippen molar-refractivity contribution in [3.05, 3.63) is 157 Å². The molecule has 0 N–H and O–H groups in total. The van der Waals surface area contributed by atoms with E-state index < -0.39 is 0 Å². The summed E-state index contributed by atoms with van der Waals surface area (Å²) in [5.74, 6) is 1.01. The first kappa shape index (κ1) is 28.1. The van der Waals surface area contributed by atoms with E-state index in [-0.39, 0.29) is 5.41 Å². The molecule has 6 aromatic carbocycles. The molecule has 5 nitrogen and oxygen atoms in total. The Balaban J connectivity index is 1.06. The van der Waals surface area contributed by atoms with Gasteiger partial charge in [0, 0.05) is 27.7 Å². The van der Waals surface area contributed by atoms with Crippen molar-refractivity contribution in [2.45, 2.75) is 19.3 Å². The minimum atomic E-state index is -0.0999. The monoisotopic (exact) mass is 618 g/mol. The zero-order chi connectivity index (χ0) is 32.2. The first-order chi connectivity index (χ1) is 23.5. The van der Waals surface area contributed by atoms with Gasteiger partial charge in [0.15, 0.2) is 0 Å². The minimum absolute atomic E-state index is 0.0999. The number of rotatable bonds is 5. The highest BCUT2D eigenvalue weighted by atomic mass is 16.4. The third kappa shape index (κ3) is 4.63. The van der Waals surface area contributed by atoms with E-state index >= 15 is 0 Å². The van der Waals surface area contributed by atoms with Crippen LogP contribution in [0.25, 0.3) is 78.7 Å². The molecule has 2 heterocycles. The number of aromatic nitrogens is 4. The van der Waals surface area contributed by atoms with Crippen LogP contribution in [-0.4, -0.2) is 20.2 Å². The van der Waals surface area contributed by atoms with Crippen LogP contribution in [0.3, 0.4) is 0 Å². The number of nitrogens with zero attached hydrogens (tertiary/aromatic N) is 4. The minimum Gasteiger partial charge on any atom is -0.416 e. The van der Waals surface area contributed by atoms with Gasteiger partial charge in [0.2, 0.25) is 11.8 Å². The molecule has 2 aromatic heterocycles. The van der Waals surface area contributed by atoms with Gasteiger partial charge < -0.3 is 4.42 Å². The molecule has 0 saturated heterocycles. The zero-order valence-electron chi connectivity index (χ0n) is 26.6. The third-order valence-corrected chi connectivity index (χ3v) is 9.50. The van der Waals surface area contributed by atoms with Crippen LogP contribution < -0.4 is 0 Å². The average molecular weight is 619 g/mol. The van der Waals surface area contributed by atoms with E-state index in [2.05, 4.69) is 103 Å². The summed E-state index contributed by atoms with van der Waals surface area (Å²) in [7, 11) is 0. The Bertz CT molecular complexity index is 2460. The second-order valence-corrected chi connectivity index (χ2v) is 12.8. The Labute approximate surface area is 278 Å². The van der Waals surface area contributed by atoms with Crippen molar-refractivity contribution in [2.24, 2.45) is 0 Å². The van der Waals surface area contributed by atoms with Gasteiger partial charge in [-0.1, -0.05) is 117 Å². The molecule has 8 aromatic rings. The van der Waals surface area contributed by atoms with Crippen molar-refractivity contribution in [1.82, 2.24) is 20.2 Å². The summed E-state index contributed by atoms with van der Waals surface area (Å²) in [6.07, 6.45) is 0. The highest BCUT2D eigenvalue weighted by molar-refractivity contribution is 5.89. The molecule has 1 aliphatic rings. The van der Waals surface area contributed by atoms with Crippen LogP contribution in [0.2, 0.25) is 0 Å². The summed E-state index contributed by atoms with van der Waals surface area (Å²) in [5.41, 5.74) is 14.8. The molecule has 5 heteroatoms.